The van der Waals surface area contributed by atoms with Crippen molar-refractivity contribution in [1.29, 1.82) is 0 Å². The summed E-state index contributed by atoms with van der Waals surface area (Å²) in [6, 6.07) is 9.69. The van der Waals surface area contributed by atoms with Crippen LogP contribution in [0.2, 0.25) is 5.02 Å². The number of halogens is 3. The Morgan fingerprint density at radius 2 is 1.94 bits per heavy atom. The van der Waals surface area contributed by atoms with Gasteiger partial charge in [0.05, 0.1) is 11.1 Å². The number of carbonyl (C=O) groups excluding carboxylic acids is 1. The molecule has 4 rings (SSSR count). The van der Waals surface area contributed by atoms with Crippen LogP contribution in [0.3, 0.4) is 0 Å². The minimum atomic E-state index is -0.967. The standard InChI is InChI=1S/C27H28BrClFN3O3/c1-16-25(21-13-18(28)6-9-23(21)32-26(16)33-11-3-2-4-12-33)27(36)31-15-17(5-10-24(34)35)20-14-19(30)7-8-22(20)29/h6-9,13-14,17H,2-5,10-12,15H2,1H3,(H,31,36)(H,34,35)/t17-/m1/s1. The number of benzene rings is 2. The highest BCUT2D eigenvalue weighted by atomic mass is 79.9. The summed E-state index contributed by atoms with van der Waals surface area (Å²) in [7, 11) is 0. The molecule has 36 heavy (non-hydrogen) atoms. The van der Waals surface area contributed by atoms with E-state index >= 15 is 0 Å². The summed E-state index contributed by atoms with van der Waals surface area (Å²) >= 11 is 9.82. The molecule has 1 aromatic heterocycles. The number of hydrogen-bond acceptors (Lipinski definition) is 4. The van der Waals surface area contributed by atoms with E-state index in [0.717, 1.165) is 52.7 Å². The second-order valence-electron chi connectivity index (χ2n) is 9.15. The monoisotopic (exact) mass is 575 g/mol. The smallest absolute Gasteiger partial charge is 0.303 e. The van der Waals surface area contributed by atoms with Crippen molar-refractivity contribution in [3.05, 3.63) is 68.4 Å². The van der Waals surface area contributed by atoms with Crippen LogP contribution in [0.25, 0.3) is 10.9 Å². The molecule has 0 radical (unpaired) electrons. The van der Waals surface area contributed by atoms with Crippen LogP contribution in [0.4, 0.5) is 10.2 Å². The van der Waals surface area contributed by atoms with E-state index < -0.39 is 17.7 Å². The highest BCUT2D eigenvalue weighted by Gasteiger charge is 2.24. The zero-order valence-electron chi connectivity index (χ0n) is 20.0. The minimum absolute atomic E-state index is 0.117. The van der Waals surface area contributed by atoms with Crippen LogP contribution in [-0.4, -0.2) is 41.6 Å². The molecule has 190 valence electrons. The number of pyridine rings is 1. The second kappa shape index (κ2) is 11.6. The Bertz CT molecular complexity index is 1300. The Balaban J connectivity index is 1.68. The van der Waals surface area contributed by atoms with Crippen molar-refractivity contribution in [2.45, 2.75) is 44.9 Å². The fourth-order valence-corrected chi connectivity index (χ4v) is 5.45. The highest BCUT2D eigenvalue weighted by Crippen LogP contribution is 2.33. The molecule has 1 saturated heterocycles. The third-order valence-electron chi connectivity index (χ3n) is 6.66. The molecule has 0 unspecified atom stereocenters. The lowest BCUT2D eigenvalue weighted by atomic mass is 9.93. The zero-order valence-corrected chi connectivity index (χ0v) is 22.3. The van der Waals surface area contributed by atoms with Crippen LogP contribution in [0.5, 0.6) is 0 Å². The summed E-state index contributed by atoms with van der Waals surface area (Å²) in [5, 5.41) is 13.3. The van der Waals surface area contributed by atoms with Gasteiger partial charge in [0.25, 0.3) is 5.91 Å². The van der Waals surface area contributed by atoms with E-state index in [1.807, 2.05) is 25.1 Å². The average Bonchev–Trinajstić information content (AvgIpc) is 2.85. The molecule has 6 nitrogen and oxygen atoms in total. The number of fused-ring (bicyclic) bond motifs is 1. The molecule has 1 atom stereocenters. The van der Waals surface area contributed by atoms with E-state index in [4.69, 9.17) is 16.6 Å². The van der Waals surface area contributed by atoms with Gasteiger partial charge in [-0.25, -0.2) is 9.37 Å². The summed E-state index contributed by atoms with van der Waals surface area (Å²) in [5.74, 6) is -1.37. The lowest BCUT2D eigenvalue weighted by Crippen LogP contribution is -2.33. The molecule has 0 aliphatic carbocycles. The van der Waals surface area contributed by atoms with Crippen molar-refractivity contribution in [2.75, 3.05) is 24.5 Å². The molecular formula is C27H28BrClFN3O3. The van der Waals surface area contributed by atoms with Crippen LogP contribution in [-0.2, 0) is 4.79 Å². The quantitative estimate of drug-likeness (QED) is 0.321. The SMILES string of the molecule is Cc1c(N2CCCCC2)nc2ccc(Br)cc2c1C(=O)NC[C@@H](CCC(=O)O)c1cc(F)ccc1Cl. The number of rotatable bonds is 8. The molecule has 1 aliphatic heterocycles. The number of nitrogens with zero attached hydrogens (tertiary/aromatic N) is 2. The lowest BCUT2D eigenvalue weighted by Gasteiger charge is -2.30. The Hall–Kier alpha value is -2.71. The first-order valence-corrected chi connectivity index (χ1v) is 13.2. The number of carboxylic acid groups (broad SMARTS) is 1. The number of carboxylic acids is 1. The van der Waals surface area contributed by atoms with Crippen LogP contribution in [0.15, 0.2) is 40.9 Å². The van der Waals surface area contributed by atoms with Crippen LogP contribution in [0, 0.1) is 12.7 Å². The maximum absolute atomic E-state index is 14.0. The first kappa shape index (κ1) is 26.4. The van der Waals surface area contributed by atoms with Gasteiger partial charge in [0.15, 0.2) is 0 Å². The summed E-state index contributed by atoms with van der Waals surface area (Å²) in [6.45, 7) is 3.82. The van der Waals surface area contributed by atoms with Crippen molar-refractivity contribution in [1.82, 2.24) is 10.3 Å². The maximum atomic E-state index is 14.0. The molecule has 2 heterocycles. The first-order chi connectivity index (χ1) is 17.2. The Kier molecular flexibility index (Phi) is 8.46. The predicted octanol–water partition coefficient (Wildman–Crippen LogP) is 6.47. The van der Waals surface area contributed by atoms with E-state index in [2.05, 4.69) is 26.1 Å². The van der Waals surface area contributed by atoms with Crippen molar-refractivity contribution < 1.29 is 19.1 Å². The molecule has 0 spiro atoms. The van der Waals surface area contributed by atoms with Crippen LogP contribution in [0.1, 0.15) is 59.5 Å². The number of hydrogen-bond donors (Lipinski definition) is 2. The summed E-state index contributed by atoms with van der Waals surface area (Å²) < 4.78 is 14.8. The third-order valence-corrected chi connectivity index (χ3v) is 7.50. The Labute approximate surface area is 223 Å². The fourth-order valence-electron chi connectivity index (χ4n) is 4.82. The van der Waals surface area contributed by atoms with Crippen molar-refractivity contribution >= 4 is 56.1 Å². The maximum Gasteiger partial charge on any atom is 0.303 e. The van der Waals surface area contributed by atoms with Gasteiger partial charge >= 0.3 is 5.97 Å². The molecule has 9 heteroatoms. The number of amides is 1. The Morgan fingerprint density at radius 3 is 2.67 bits per heavy atom. The van der Waals surface area contributed by atoms with Crippen molar-refractivity contribution in [2.24, 2.45) is 0 Å². The normalized spacial score (nSPS) is 14.6. The van der Waals surface area contributed by atoms with Gasteiger partial charge in [0.2, 0.25) is 0 Å². The number of nitrogens with one attached hydrogen (secondary N) is 1. The third kappa shape index (κ3) is 5.98. The highest BCUT2D eigenvalue weighted by molar-refractivity contribution is 9.10. The van der Waals surface area contributed by atoms with E-state index in [0.29, 0.717) is 16.1 Å². The van der Waals surface area contributed by atoms with Gasteiger partial charge in [-0.05, 0) is 74.6 Å². The van der Waals surface area contributed by atoms with Gasteiger partial charge in [0.1, 0.15) is 11.6 Å². The molecule has 0 saturated carbocycles. The summed E-state index contributed by atoms with van der Waals surface area (Å²) in [5.41, 5.74) is 2.53. The predicted molar refractivity (Wildman–Crippen MR) is 144 cm³/mol. The Morgan fingerprint density at radius 1 is 1.19 bits per heavy atom. The second-order valence-corrected chi connectivity index (χ2v) is 10.5. The number of anilines is 1. The number of aliphatic carboxylic acids is 1. The van der Waals surface area contributed by atoms with Gasteiger partial charge in [-0.2, -0.15) is 0 Å². The topological polar surface area (TPSA) is 82.5 Å². The first-order valence-electron chi connectivity index (χ1n) is 12.0. The van der Waals surface area contributed by atoms with Gasteiger partial charge in [-0.3, -0.25) is 9.59 Å². The van der Waals surface area contributed by atoms with E-state index in [9.17, 15) is 19.1 Å². The molecular weight excluding hydrogens is 549 g/mol. The van der Waals surface area contributed by atoms with E-state index in [-0.39, 0.29) is 25.3 Å². The average molecular weight is 577 g/mol. The summed E-state index contributed by atoms with van der Waals surface area (Å²) in [6.07, 6.45) is 3.43. The molecule has 3 aromatic rings. The van der Waals surface area contributed by atoms with Gasteiger partial charge in [0, 0.05) is 52.4 Å². The van der Waals surface area contributed by atoms with Gasteiger partial charge < -0.3 is 15.3 Å². The van der Waals surface area contributed by atoms with E-state index in [1.54, 1.807) is 0 Å². The molecule has 1 fully saturated rings. The molecule has 0 bridgehead atoms. The molecule has 1 amide bonds. The molecule has 2 aromatic carbocycles. The largest absolute Gasteiger partial charge is 0.481 e. The molecule has 2 N–H and O–H groups in total. The number of carbonyl (C=O) groups is 2. The van der Waals surface area contributed by atoms with Gasteiger partial charge in [-0.15, -0.1) is 0 Å². The number of piperidine rings is 1. The van der Waals surface area contributed by atoms with E-state index in [1.165, 1.54) is 24.6 Å². The molecule has 1 aliphatic rings. The zero-order chi connectivity index (χ0) is 25.8. The van der Waals surface area contributed by atoms with Crippen LogP contribution >= 0.6 is 27.5 Å². The van der Waals surface area contributed by atoms with Crippen LogP contribution < -0.4 is 10.2 Å². The van der Waals surface area contributed by atoms with Crippen molar-refractivity contribution in [3.63, 3.8) is 0 Å². The number of aromatic nitrogens is 1. The minimum Gasteiger partial charge on any atom is -0.481 e. The summed E-state index contributed by atoms with van der Waals surface area (Å²) in [4.78, 5) is 32.0. The van der Waals surface area contributed by atoms with Gasteiger partial charge in [-0.1, -0.05) is 27.5 Å². The van der Waals surface area contributed by atoms with Crippen molar-refractivity contribution in [3.8, 4) is 0 Å². The fraction of sp³-hybridized carbons (Fsp3) is 0.370. The lowest BCUT2D eigenvalue weighted by molar-refractivity contribution is -0.137.